The van der Waals surface area contributed by atoms with E-state index in [1.54, 1.807) is 6.07 Å². The lowest BCUT2D eigenvalue weighted by molar-refractivity contribution is -0.271. The van der Waals surface area contributed by atoms with Crippen LogP contribution in [0.2, 0.25) is 0 Å². The van der Waals surface area contributed by atoms with Crippen LogP contribution in [0.3, 0.4) is 0 Å². The summed E-state index contributed by atoms with van der Waals surface area (Å²) in [5.74, 6) is -0.0622. The summed E-state index contributed by atoms with van der Waals surface area (Å²) in [6.07, 6.45) is -5.40. The Morgan fingerprint density at radius 1 is 1.09 bits per heavy atom. The van der Waals surface area contributed by atoms with Crippen molar-refractivity contribution in [3.05, 3.63) is 29.3 Å². The van der Waals surface area contributed by atoms with Crippen LogP contribution in [-0.2, 0) is 16.0 Å². The van der Waals surface area contributed by atoms with Gasteiger partial charge in [0.25, 0.3) is 0 Å². The number of fused-ring (bicyclic) bond motifs is 5. The average molecular weight is 465 g/mol. The van der Waals surface area contributed by atoms with Gasteiger partial charge >= 0.3 is 5.97 Å². The Hall–Kier alpha value is -1.75. The summed E-state index contributed by atoms with van der Waals surface area (Å²) in [6.45, 7) is 2.10. The molecule has 0 spiro atoms. The van der Waals surface area contributed by atoms with Gasteiger partial charge in [-0.05, 0) is 78.5 Å². The average Bonchev–Trinajstić information content (AvgIpc) is 3.02. The van der Waals surface area contributed by atoms with Gasteiger partial charge in [-0.15, -0.1) is 0 Å². The fraction of sp³-hybridized carbons (Fsp3) is 0.708. The third-order valence-electron chi connectivity index (χ3n) is 8.74. The van der Waals surface area contributed by atoms with Crippen LogP contribution in [0.4, 0.5) is 0 Å². The van der Waals surface area contributed by atoms with Crippen LogP contribution in [0, 0.1) is 17.3 Å². The van der Waals surface area contributed by atoms with Crippen LogP contribution in [0.1, 0.15) is 49.7 Å². The Bertz CT molecular complexity index is 921. The molecule has 11 atom stereocenters. The molecule has 1 aromatic rings. The van der Waals surface area contributed by atoms with Crippen molar-refractivity contribution >= 4 is 5.97 Å². The third-order valence-corrected chi connectivity index (χ3v) is 8.74. The SMILES string of the molecule is C[C@]12CCC3c4ccc(OC5O[C@H](C(=O)O)[C@@H](O)[C@H](O)[C@H]5O)cc4CCC3C1C[C@@H](O)[C@@H]2O. The monoisotopic (exact) mass is 464 g/mol. The van der Waals surface area contributed by atoms with Crippen LogP contribution in [0.25, 0.3) is 0 Å². The van der Waals surface area contributed by atoms with E-state index in [9.17, 15) is 35.4 Å². The highest BCUT2D eigenvalue weighted by atomic mass is 16.7. The minimum absolute atomic E-state index is 0.248. The molecule has 9 heteroatoms. The molecule has 9 nitrogen and oxygen atoms in total. The molecular weight excluding hydrogens is 432 g/mol. The fourth-order valence-corrected chi connectivity index (χ4v) is 6.90. The zero-order valence-corrected chi connectivity index (χ0v) is 18.4. The summed E-state index contributed by atoms with van der Waals surface area (Å²) in [5, 5.41) is 60.2. The second-order valence-electron chi connectivity index (χ2n) is 10.4. The quantitative estimate of drug-likeness (QED) is 0.366. The zero-order chi connectivity index (χ0) is 23.7. The Morgan fingerprint density at radius 3 is 2.58 bits per heavy atom. The number of carboxylic acid groups (broad SMARTS) is 1. The number of ether oxygens (including phenoxy) is 2. The molecule has 3 fully saturated rings. The first-order valence-electron chi connectivity index (χ1n) is 11.7. The lowest BCUT2D eigenvalue weighted by atomic mass is 9.55. The molecule has 182 valence electrons. The van der Waals surface area contributed by atoms with Crippen LogP contribution < -0.4 is 4.74 Å². The number of rotatable bonds is 3. The van der Waals surface area contributed by atoms with Gasteiger partial charge in [-0.2, -0.15) is 0 Å². The highest BCUT2D eigenvalue weighted by Gasteiger charge is 2.57. The molecule has 0 aromatic heterocycles. The molecule has 1 aliphatic heterocycles. The number of aliphatic carboxylic acids is 1. The summed E-state index contributed by atoms with van der Waals surface area (Å²) in [5.41, 5.74) is 2.08. The minimum atomic E-state index is -1.76. The standard InChI is InChI=1S/C24H32O9/c1-24-7-6-13-12-5-3-11(32-23-19(28)17(26)18(27)20(33-23)22(30)31)8-10(12)2-4-14(13)15(24)9-16(25)21(24)29/h3,5,8,13-21,23,25-29H,2,4,6-7,9H2,1H3,(H,30,31)/t13?,14?,15?,16-,17+,18+,19-,20+,21+,23?,24+/m1/s1. The van der Waals surface area contributed by atoms with E-state index in [0.717, 1.165) is 31.2 Å². The molecular formula is C24H32O9. The summed E-state index contributed by atoms with van der Waals surface area (Å²) >= 11 is 0. The molecule has 4 unspecified atom stereocenters. The first-order chi connectivity index (χ1) is 15.6. The highest BCUT2D eigenvalue weighted by molar-refractivity contribution is 5.73. The Morgan fingerprint density at radius 2 is 1.85 bits per heavy atom. The van der Waals surface area contributed by atoms with Crippen molar-refractivity contribution in [3.63, 3.8) is 0 Å². The summed E-state index contributed by atoms with van der Waals surface area (Å²) in [7, 11) is 0. The van der Waals surface area contributed by atoms with Crippen molar-refractivity contribution in [2.45, 2.75) is 87.9 Å². The molecule has 33 heavy (non-hydrogen) atoms. The molecule has 0 radical (unpaired) electrons. The molecule has 1 saturated heterocycles. The maximum atomic E-state index is 11.3. The van der Waals surface area contributed by atoms with Gasteiger partial charge in [-0.3, -0.25) is 0 Å². The predicted molar refractivity (Wildman–Crippen MR) is 113 cm³/mol. The molecule has 6 N–H and O–H groups in total. The largest absolute Gasteiger partial charge is 0.479 e. The second kappa shape index (κ2) is 8.18. The minimum Gasteiger partial charge on any atom is -0.479 e. The maximum absolute atomic E-state index is 11.3. The van der Waals surface area contributed by atoms with Crippen molar-refractivity contribution in [3.8, 4) is 5.75 Å². The van der Waals surface area contributed by atoms with E-state index in [1.165, 1.54) is 5.56 Å². The molecule has 1 heterocycles. The van der Waals surface area contributed by atoms with E-state index in [-0.39, 0.29) is 11.3 Å². The summed E-state index contributed by atoms with van der Waals surface area (Å²) in [6, 6.07) is 5.60. The number of hydrogen-bond donors (Lipinski definition) is 6. The predicted octanol–water partition coefficient (Wildman–Crippen LogP) is 0.145. The number of aliphatic hydroxyl groups excluding tert-OH is 5. The smallest absolute Gasteiger partial charge is 0.335 e. The van der Waals surface area contributed by atoms with Gasteiger partial charge < -0.3 is 40.1 Å². The van der Waals surface area contributed by atoms with E-state index in [2.05, 4.69) is 6.92 Å². The number of hydrogen-bond acceptors (Lipinski definition) is 8. The van der Waals surface area contributed by atoms with Gasteiger partial charge in [0.05, 0.1) is 12.2 Å². The number of carboxylic acids is 1. The number of aryl methyl sites for hydroxylation is 1. The number of carbonyl (C=O) groups is 1. The molecule has 5 rings (SSSR count). The first kappa shape index (κ1) is 23.0. The van der Waals surface area contributed by atoms with E-state index in [1.807, 2.05) is 12.1 Å². The van der Waals surface area contributed by atoms with Crippen LogP contribution in [0.15, 0.2) is 18.2 Å². The Balaban J connectivity index is 1.34. The van der Waals surface area contributed by atoms with Gasteiger partial charge in [0.15, 0.2) is 6.10 Å². The topological polar surface area (TPSA) is 157 Å². The first-order valence-corrected chi connectivity index (χ1v) is 11.7. The van der Waals surface area contributed by atoms with Gasteiger partial charge in [-0.1, -0.05) is 13.0 Å². The molecule has 2 saturated carbocycles. The highest BCUT2D eigenvalue weighted by Crippen LogP contribution is 2.61. The molecule has 4 aliphatic rings. The van der Waals surface area contributed by atoms with E-state index < -0.39 is 48.9 Å². The van der Waals surface area contributed by atoms with Gasteiger partial charge in [-0.25, -0.2) is 4.79 Å². The van der Waals surface area contributed by atoms with Crippen LogP contribution >= 0.6 is 0 Å². The van der Waals surface area contributed by atoms with Gasteiger partial charge in [0, 0.05) is 0 Å². The van der Waals surface area contributed by atoms with Crippen molar-refractivity contribution in [2.75, 3.05) is 0 Å². The van der Waals surface area contributed by atoms with Gasteiger partial charge in [0.2, 0.25) is 6.29 Å². The number of aliphatic hydroxyl groups is 5. The van der Waals surface area contributed by atoms with Crippen molar-refractivity contribution < 1.29 is 44.9 Å². The second-order valence-corrected chi connectivity index (χ2v) is 10.4. The van der Waals surface area contributed by atoms with Crippen molar-refractivity contribution in [1.29, 1.82) is 0 Å². The van der Waals surface area contributed by atoms with Crippen molar-refractivity contribution in [2.24, 2.45) is 17.3 Å². The van der Waals surface area contributed by atoms with Crippen LogP contribution in [0.5, 0.6) is 5.75 Å². The Labute approximate surface area is 191 Å². The summed E-state index contributed by atoms with van der Waals surface area (Å²) < 4.78 is 10.9. The maximum Gasteiger partial charge on any atom is 0.335 e. The van der Waals surface area contributed by atoms with Crippen molar-refractivity contribution in [1.82, 2.24) is 0 Å². The normalized spacial score (nSPS) is 46.7. The third kappa shape index (κ3) is 3.57. The lowest BCUT2D eigenvalue weighted by Gasteiger charge is -2.50. The molecule has 0 amide bonds. The summed E-state index contributed by atoms with van der Waals surface area (Å²) in [4.78, 5) is 11.3. The van der Waals surface area contributed by atoms with Gasteiger partial charge in [0.1, 0.15) is 24.1 Å². The lowest BCUT2D eigenvalue weighted by Crippen LogP contribution is -2.61. The Kier molecular flexibility index (Phi) is 5.70. The number of benzene rings is 1. The van der Waals surface area contributed by atoms with E-state index in [0.29, 0.717) is 24.0 Å². The van der Waals surface area contributed by atoms with E-state index >= 15 is 0 Å². The molecule has 0 bridgehead atoms. The molecule has 1 aromatic carbocycles. The fourth-order valence-electron chi connectivity index (χ4n) is 6.90. The van der Waals surface area contributed by atoms with Crippen LogP contribution in [-0.4, -0.2) is 79.5 Å². The zero-order valence-electron chi connectivity index (χ0n) is 18.4. The van der Waals surface area contributed by atoms with E-state index in [4.69, 9.17) is 9.47 Å². The molecule has 3 aliphatic carbocycles.